The first kappa shape index (κ1) is 15.4. The molecule has 5 heteroatoms. The highest BCUT2D eigenvalue weighted by molar-refractivity contribution is 5.62. The fraction of sp³-hybridized carbons (Fsp3) is 0.571. The van der Waals surface area contributed by atoms with Crippen LogP contribution in [0.3, 0.4) is 0 Å². The van der Waals surface area contributed by atoms with Gasteiger partial charge in [0.05, 0.1) is 11.5 Å². The maximum Gasteiger partial charge on any atom is 0.292 e. The third-order valence-electron chi connectivity index (χ3n) is 2.79. The maximum absolute atomic E-state index is 11.0. The quantitative estimate of drug-likeness (QED) is 0.420. The molecule has 0 saturated heterocycles. The monoisotopic (exact) mass is 266 g/mol. The molecule has 0 aliphatic carbocycles. The number of anilines is 1. The number of nitrogens with zero attached hydrogens (tertiary/aromatic N) is 1. The van der Waals surface area contributed by atoms with Crippen LogP contribution in [0.5, 0.6) is 0 Å². The lowest BCUT2D eigenvalue weighted by Crippen LogP contribution is -2.02. The van der Waals surface area contributed by atoms with Gasteiger partial charge in [0, 0.05) is 19.2 Å². The first-order chi connectivity index (χ1) is 9.19. The average Bonchev–Trinajstić information content (AvgIpc) is 2.40. The molecule has 5 nitrogen and oxygen atoms in total. The molecule has 106 valence electrons. The van der Waals surface area contributed by atoms with E-state index in [1.54, 1.807) is 12.1 Å². The summed E-state index contributed by atoms with van der Waals surface area (Å²) in [5.74, 6) is 0. The number of benzene rings is 1. The zero-order valence-corrected chi connectivity index (χ0v) is 11.6. The molecular weight excluding hydrogens is 244 g/mol. The van der Waals surface area contributed by atoms with Crippen LogP contribution >= 0.6 is 0 Å². The summed E-state index contributed by atoms with van der Waals surface area (Å²) in [5.41, 5.74) is 1.50. The lowest BCUT2D eigenvalue weighted by molar-refractivity contribution is -0.384. The Bertz CT molecular complexity index is 408. The van der Waals surface area contributed by atoms with Gasteiger partial charge in [0.2, 0.25) is 0 Å². The molecule has 0 aromatic heterocycles. The summed E-state index contributed by atoms with van der Waals surface area (Å²) in [6, 6.07) is 5.19. The zero-order chi connectivity index (χ0) is 14.1. The number of ether oxygens (including phenoxy) is 1. The van der Waals surface area contributed by atoms with E-state index in [0.29, 0.717) is 25.4 Å². The van der Waals surface area contributed by atoms with Crippen LogP contribution in [-0.2, 0) is 11.3 Å². The summed E-state index contributed by atoms with van der Waals surface area (Å²) in [7, 11) is 0. The number of unbranched alkanes of at least 4 members (excludes halogenated alkanes) is 2. The average molecular weight is 266 g/mol. The van der Waals surface area contributed by atoms with Gasteiger partial charge in [0.1, 0.15) is 5.69 Å². The van der Waals surface area contributed by atoms with Crippen LogP contribution in [0.1, 0.15) is 38.7 Å². The van der Waals surface area contributed by atoms with Crippen LogP contribution in [0.15, 0.2) is 18.2 Å². The summed E-state index contributed by atoms with van der Waals surface area (Å²) >= 11 is 0. The summed E-state index contributed by atoms with van der Waals surface area (Å²) in [4.78, 5) is 10.6. The molecule has 1 rings (SSSR count). The number of nitrogens with one attached hydrogen (secondary N) is 1. The van der Waals surface area contributed by atoms with Gasteiger partial charge in [-0.05, 0) is 25.0 Å². The molecule has 0 aliphatic heterocycles. The maximum atomic E-state index is 11.0. The Morgan fingerprint density at radius 3 is 2.74 bits per heavy atom. The van der Waals surface area contributed by atoms with Gasteiger partial charge in [-0.3, -0.25) is 10.1 Å². The van der Waals surface area contributed by atoms with Crippen LogP contribution in [0.4, 0.5) is 11.4 Å². The number of hydrogen-bond acceptors (Lipinski definition) is 4. The Morgan fingerprint density at radius 2 is 2.11 bits per heavy atom. The van der Waals surface area contributed by atoms with Crippen LogP contribution in [-0.4, -0.2) is 18.1 Å². The van der Waals surface area contributed by atoms with Crippen molar-refractivity contribution in [2.75, 3.05) is 18.5 Å². The molecule has 19 heavy (non-hydrogen) atoms. The third-order valence-corrected chi connectivity index (χ3v) is 2.79. The fourth-order valence-corrected chi connectivity index (χ4v) is 1.80. The molecule has 0 amide bonds. The second kappa shape index (κ2) is 8.48. The van der Waals surface area contributed by atoms with Crippen LogP contribution < -0.4 is 5.32 Å². The SMILES string of the molecule is CCCCCOCc1ccc(NCC)c([N+](=O)[O-])c1. The Morgan fingerprint density at radius 1 is 1.32 bits per heavy atom. The van der Waals surface area contributed by atoms with E-state index in [0.717, 1.165) is 24.8 Å². The highest BCUT2D eigenvalue weighted by atomic mass is 16.6. The number of nitro benzene ring substituents is 1. The van der Waals surface area contributed by atoms with Crippen molar-refractivity contribution in [3.8, 4) is 0 Å². The van der Waals surface area contributed by atoms with Crippen molar-refractivity contribution in [2.45, 2.75) is 39.7 Å². The van der Waals surface area contributed by atoms with Gasteiger partial charge in [0.15, 0.2) is 0 Å². The predicted molar refractivity (Wildman–Crippen MR) is 76.4 cm³/mol. The molecule has 0 heterocycles. The van der Waals surface area contributed by atoms with Gasteiger partial charge in [0.25, 0.3) is 5.69 Å². The van der Waals surface area contributed by atoms with Crippen molar-refractivity contribution in [3.63, 3.8) is 0 Å². The zero-order valence-electron chi connectivity index (χ0n) is 11.6. The molecule has 1 aromatic carbocycles. The molecule has 1 N–H and O–H groups in total. The Labute approximate surface area is 114 Å². The Hall–Kier alpha value is -1.62. The molecule has 0 fully saturated rings. The van der Waals surface area contributed by atoms with Crippen LogP contribution in [0, 0.1) is 10.1 Å². The second-order valence-corrected chi connectivity index (χ2v) is 4.40. The van der Waals surface area contributed by atoms with Gasteiger partial charge < -0.3 is 10.1 Å². The molecule has 0 atom stereocenters. The number of rotatable bonds is 9. The van der Waals surface area contributed by atoms with Gasteiger partial charge in [-0.1, -0.05) is 25.8 Å². The van der Waals surface area contributed by atoms with Gasteiger partial charge in [-0.15, -0.1) is 0 Å². The predicted octanol–water partition coefficient (Wildman–Crippen LogP) is 3.73. The van der Waals surface area contributed by atoms with Crippen LogP contribution in [0.2, 0.25) is 0 Å². The normalized spacial score (nSPS) is 10.4. The van der Waals surface area contributed by atoms with E-state index >= 15 is 0 Å². The molecule has 0 spiro atoms. The van der Waals surface area contributed by atoms with Gasteiger partial charge >= 0.3 is 0 Å². The van der Waals surface area contributed by atoms with Crippen molar-refractivity contribution >= 4 is 11.4 Å². The number of nitro groups is 1. The van der Waals surface area contributed by atoms with Crippen molar-refractivity contribution < 1.29 is 9.66 Å². The Balaban J connectivity index is 2.60. The first-order valence-electron chi connectivity index (χ1n) is 6.78. The minimum absolute atomic E-state index is 0.108. The van der Waals surface area contributed by atoms with Crippen LogP contribution in [0.25, 0.3) is 0 Å². The van der Waals surface area contributed by atoms with Crippen molar-refractivity contribution in [3.05, 3.63) is 33.9 Å². The van der Waals surface area contributed by atoms with E-state index in [1.807, 2.05) is 13.0 Å². The van der Waals surface area contributed by atoms with Crippen molar-refractivity contribution in [1.82, 2.24) is 0 Å². The van der Waals surface area contributed by atoms with E-state index in [9.17, 15) is 10.1 Å². The molecule has 0 radical (unpaired) electrons. The standard InChI is InChI=1S/C14H22N2O3/c1-3-5-6-9-19-11-12-7-8-13(15-4-2)14(10-12)16(17)18/h7-8,10,15H,3-6,9,11H2,1-2H3. The van der Waals surface area contributed by atoms with Crippen molar-refractivity contribution in [1.29, 1.82) is 0 Å². The lowest BCUT2D eigenvalue weighted by Gasteiger charge is -2.07. The molecule has 1 aromatic rings. The lowest BCUT2D eigenvalue weighted by atomic mass is 10.2. The van der Waals surface area contributed by atoms with E-state index in [4.69, 9.17) is 4.74 Å². The molecule has 0 aliphatic rings. The highest BCUT2D eigenvalue weighted by Gasteiger charge is 2.13. The third kappa shape index (κ3) is 5.26. The minimum Gasteiger partial charge on any atom is -0.380 e. The molecule has 0 unspecified atom stereocenters. The minimum atomic E-state index is -0.363. The largest absolute Gasteiger partial charge is 0.380 e. The first-order valence-corrected chi connectivity index (χ1v) is 6.78. The van der Waals surface area contributed by atoms with E-state index < -0.39 is 0 Å². The van der Waals surface area contributed by atoms with Gasteiger partial charge in [-0.25, -0.2) is 0 Å². The molecular formula is C14H22N2O3. The van der Waals surface area contributed by atoms with E-state index in [2.05, 4.69) is 12.2 Å². The molecule has 0 bridgehead atoms. The summed E-state index contributed by atoms with van der Waals surface area (Å²) in [5, 5.41) is 14.0. The van der Waals surface area contributed by atoms with Crippen molar-refractivity contribution in [2.24, 2.45) is 0 Å². The summed E-state index contributed by atoms with van der Waals surface area (Å²) in [6.07, 6.45) is 3.35. The topological polar surface area (TPSA) is 64.4 Å². The van der Waals surface area contributed by atoms with Gasteiger partial charge in [-0.2, -0.15) is 0 Å². The van der Waals surface area contributed by atoms with E-state index in [-0.39, 0.29) is 10.6 Å². The summed E-state index contributed by atoms with van der Waals surface area (Å²) < 4.78 is 5.51. The van der Waals surface area contributed by atoms with E-state index in [1.165, 1.54) is 0 Å². The number of hydrogen-bond donors (Lipinski definition) is 1. The summed E-state index contributed by atoms with van der Waals surface area (Å²) in [6.45, 7) is 5.85. The Kier molecular flexibility index (Phi) is 6.89. The smallest absolute Gasteiger partial charge is 0.292 e. The second-order valence-electron chi connectivity index (χ2n) is 4.40. The fourth-order valence-electron chi connectivity index (χ4n) is 1.80. The molecule has 0 saturated carbocycles. The highest BCUT2D eigenvalue weighted by Crippen LogP contribution is 2.25.